The van der Waals surface area contributed by atoms with Gasteiger partial charge >= 0.3 is 5.69 Å². The second-order valence-corrected chi connectivity index (χ2v) is 6.87. The van der Waals surface area contributed by atoms with Crippen molar-refractivity contribution in [1.29, 1.82) is 0 Å². The van der Waals surface area contributed by atoms with Gasteiger partial charge in [0, 0.05) is 7.05 Å². The molecule has 0 radical (unpaired) electrons. The first kappa shape index (κ1) is 14.5. The van der Waals surface area contributed by atoms with Crippen LogP contribution in [0.1, 0.15) is 18.3 Å². The fraction of sp³-hybridized carbons (Fsp3) is 0.385. The normalized spacial score (nSPS) is 11.8. The molecule has 0 aliphatic rings. The van der Waals surface area contributed by atoms with Crippen LogP contribution in [0, 0.1) is 6.92 Å². The molecular weight excluding hydrogens is 278 g/mol. The quantitative estimate of drug-likeness (QED) is 0.833. The molecule has 2 rings (SSSR count). The zero-order valence-corrected chi connectivity index (χ0v) is 12.5. The van der Waals surface area contributed by atoms with Gasteiger partial charge in [0.25, 0.3) is 0 Å². The van der Waals surface area contributed by atoms with Crippen LogP contribution in [0.5, 0.6) is 0 Å². The number of sulfone groups is 1. The lowest BCUT2D eigenvalue weighted by atomic mass is 10.2. The Bertz CT molecular complexity index is 770. The number of nitrogens with zero attached hydrogens (tertiary/aromatic N) is 3. The van der Waals surface area contributed by atoms with E-state index >= 15 is 0 Å². The Hall–Kier alpha value is -1.89. The fourth-order valence-electron chi connectivity index (χ4n) is 1.84. The molecule has 6 nitrogen and oxygen atoms in total. The predicted molar refractivity (Wildman–Crippen MR) is 75.5 cm³/mol. The molecule has 0 spiro atoms. The SMILES string of the molecule is CCS(=O)(=O)c1ccc(Cn2nc(C)n(C)c2=O)cc1. The third kappa shape index (κ3) is 2.67. The third-order valence-corrected chi connectivity index (χ3v) is 5.00. The van der Waals surface area contributed by atoms with E-state index in [-0.39, 0.29) is 11.4 Å². The van der Waals surface area contributed by atoms with Crippen LogP contribution >= 0.6 is 0 Å². The van der Waals surface area contributed by atoms with Gasteiger partial charge in [-0.3, -0.25) is 4.57 Å². The second kappa shape index (κ2) is 5.24. The number of rotatable bonds is 4. The molecule has 1 heterocycles. The van der Waals surface area contributed by atoms with Gasteiger partial charge in [0.1, 0.15) is 5.82 Å². The number of hydrogen-bond acceptors (Lipinski definition) is 4. The molecule has 0 N–H and O–H groups in total. The van der Waals surface area contributed by atoms with Gasteiger partial charge in [0.15, 0.2) is 9.84 Å². The van der Waals surface area contributed by atoms with Gasteiger partial charge in [-0.25, -0.2) is 17.9 Å². The van der Waals surface area contributed by atoms with Crippen molar-refractivity contribution in [2.45, 2.75) is 25.3 Å². The minimum atomic E-state index is -3.19. The minimum Gasteiger partial charge on any atom is -0.282 e. The minimum absolute atomic E-state index is 0.0746. The summed E-state index contributed by atoms with van der Waals surface area (Å²) in [6.45, 7) is 3.70. The highest BCUT2D eigenvalue weighted by Gasteiger charge is 2.11. The zero-order chi connectivity index (χ0) is 14.9. The molecule has 0 unspecified atom stereocenters. The summed E-state index contributed by atoms with van der Waals surface area (Å²) in [7, 11) is -1.52. The molecule has 0 aliphatic heterocycles. The number of aromatic nitrogens is 3. The summed E-state index contributed by atoms with van der Waals surface area (Å²) >= 11 is 0. The van der Waals surface area contributed by atoms with Gasteiger partial charge in [-0.2, -0.15) is 5.10 Å². The Morgan fingerprint density at radius 1 is 1.20 bits per heavy atom. The highest BCUT2D eigenvalue weighted by atomic mass is 32.2. The lowest BCUT2D eigenvalue weighted by Gasteiger charge is -2.04. The van der Waals surface area contributed by atoms with Gasteiger partial charge in [-0.05, 0) is 24.6 Å². The van der Waals surface area contributed by atoms with Gasteiger partial charge in [-0.15, -0.1) is 0 Å². The molecule has 20 heavy (non-hydrogen) atoms. The molecule has 0 amide bonds. The molecule has 108 valence electrons. The van der Waals surface area contributed by atoms with Crippen molar-refractivity contribution in [3.05, 3.63) is 46.1 Å². The van der Waals surface area contributed by atoms with Crippen molar-refractivity contribution in [3.63, 3.8) is 0 Å². The van der Waals surface area contributed by atoms with E-state index in [4.69, 9.17) is 0 Å². The fourth-order valence-corrected chi connectivity index (χ4v) is 2.72. The van der Waals surface area contributed by atoms with Crippen LogP contribution in [0.4, 0.5) is 0 Å². The maximum absolute atomic E-state index is 11.8. The van der Waals surface area contributed by atoms with E-state index in [1.165, 1.54) is 9.25 Å². The van der Waals surface area contributed by atoms with Crippen LogP contribution in [0.2, 0.25) is 0 Å². The number of benzene rings is 1. The van der Waals surface area contributed by atoms with Crippen molar-refractivity contribution < 1.29 is 8.42 Å². The summed E-state index contributed by atoms with van der Waals surface area (Å²) in [4.78, 5) is 12.1. The smallest absolute Gasteiger partial charge is 0.282 e. The van der Waals surface area contributed by atoms with Crippen LogP contribution in [-0.2, 0) is 23.4 Å². The Labute approximate surface area is 117 Å². The maximum Gasteiger partial charge on any atom is 0.345 e. The molecule has 1 aromatic carbocycles. The average molecular weight is 295 g/mol. The highest BCUT2D eigenvalue weighted by Crippen LogP contribution is 2.12. The van der Waals surface area contributed by atoms with Crippen molar-refractivity contribution in [2.24, 2.45) is 7.05 Å². The largest absolute Gasteiger partial charge is 0.345 e. The summed E-state index contributed by atoms with van der Waals surface area (Å²) in [6, 6.07) is 6.54. The Balaban J connectivity index is 2.28. The molecule has 7 heteroatoms. The average Bonchev–Trinajstić information content (AvgIpc) is 2.67. The van der Waals surface area contributed by atoms with Crippen molar-refractivity contribution >= 4 is 9.84 Å². The Kier molecular flexibility index (Phi) is 3.80. The molecule has 0 saturated heterocycles. The molecule has 2 aromatic rings. The monoisotopic (exact) mass is 295 g/mol. The number of aryl methyl sites for hydroxylation is 1. The maximum atomic E-state index is 11.8. The van der Waals surface area contributed by atoms with Gasteiger partial charge in [0.2, 0.25) is 0 Å². The van der Waals surface area contributed by atoms with Crippen molar-refractivity contribution in [1.82, 2.24) is 14.3 Å². The summed E-state index contributed by atoms with van der Waals surface area (Å²) in [5.74, 6) is 0.714. The van der Waals surface area contributed by atoms with Crippen LogP contribution in [0.25, 0.3) is 0 Å². The van der Waals surface area contributed by atoms with Crippen LogP contribution in [0.3, 0.4) is 0 Å². The van der Waals surface area contributed by atoms with E-state index in [1.54, 1.807) is 45.2 Å². The van der Waals surface area contributed by atoms with Crippen molar-refractivity contribution in [2.75, 3.05) is 5.75 Å². The van der Waals surface area contributed by atoms with Gasteiger partial charge in [0.05, 0.1) is 17.2 Å². The van der Waals surface area contributed by atoms with Gasteiger partial charge < -0.3 is 0 Å². The van der Waals surface area contributed by atoms with E-state index in [0.29, 0.717) is 17.3 Å². The zero-order valence-electron chi connectivity index (χ0n) is 11.7. The summed E-state index contributed by atoms with van der Waals surface area (Å²) in [5.41, 5.74) is 0.646. The lowest BCUT2D eigenvalue weighted by molar-refractivity contribution is 0.597. The first-order valence-electron chi connectivity index (χ1n) is 6.27. The first-order chi connectivity index (χ1) is 9.35. The summed E-state index contributed by atoms with van der Waals surface area (Å²) in [6.07, 6.45) is 0. The standard InChI is InChI=1S/C13H17N3O3S/c1-4-20(18,19)12-7-5-11(6-8-12)9-16-13(17)15(3)10(2)14-16/h5-8H,4,9H2,1-3H3. The molecule has 0 aliphatic carbocycles. The van der Waals surface area contributed by atoms with Crippen LogP contribution in [0.15, 0.2) is 34.0 Å². The molecule has 0 atom stereocenters. The van der Waals surface area contributed by atoms with E-state index in [0.717, 1.165) is 5.56 Å². The van der Waals surface area contributed by atoms with E-state index in [2.05, 4.69) is 5.10 Å². The number of hydrogen-bond donors (Lipinski definition) is 0. The first-order valence-corrected chi connectivity index (χ1v) is 7.92. The topological polar surface area (TPSA) is 74.0 Å². The van der Waals surface area contributed by atoms with E-state index in [1.807, 2.05) is 0 Å². The lowest BCUT2D eigenvalue weighted by Crippen LogP contribution is -2.23. The predicted octanol–water partition coefficient (Wildman–Crippen LogP) is 0.732. The molecule has 0 saturated carbocycles. The summed E-state index contributed by atoms with van der Waals surface area (Å²) in [5, 5.41) is 4.14. The third-order valence-electron chi connectivity index (χ3n) is 3.25. The van der Waals surface area contributed by atoms with Gasteiger partial charge in [-0.1, -0.05) is 19.1 Å². The van der Waals surface area contributed by atoms with Crippen LogP contribution < -0.4 is 5.69 Å². The highest BCUT2D eigenvalue weighted by molar-refractivity contribution is 7.91. The Morgan fingerprint density at radius 3 is 2.25 bits per heavy atom. The summed E-state index contributed by atoms with van der Waals surface area (Å²) < 4.78 is 26.2. The van der Waals surface area contributed by atoms with E-state index in [9.17, 15) is 13.2 Å². The second-order valence-electron chi connectivity index (χ2n) is 4.59. The Morgan fingerprint density at radius 2 is 1.80 bits per heavy atom. The molecule has 0 bridgehead atoms. The van der Waals surface area contributed by atoms with E-state index < -0.39 is 9.84 Å². The van der Waals surface area contributed by atoms with Crippen LogP contribution in [-0.4, -0.2) is 28.5 Å². The molecular formula is C13H17N3O3S. The van der Waals surface area contributed by atoms with Crippen molar-refractivity contribution in [3.8, 4) is 0 Å². The molecule has 1 aromatic heterocycles. The molecule has 0 fully saturated rings.